The van der Waals surface area contributed by atoms with Crippen molar-refractivity contribution >= 4 is 44.0 Å². The average molecular weight is 276 g/mol. The zero-order valence-electron chi connectivity index (χ0n) is 6.57. The molecule has 0 aliphatic carbocycles. The maximum Gasteiger partial charge on any atom is 0.169 e. The smallest absolute Gasteiger partial charge is 0.0819 e. The highest BCUT2D eigenvalue weighted by atomic mass is 79.9. The van der Waals surface area contributed by atoms with E-state index >= 15 is 0 Å². The first-order valence-electron chi connectivity index (χ1n) is 3.55. The fourth-order valence-corrected chi connectivity index (χ4v) is 2.24. The van der Waals surface area contributed by atoms with Crippen LogP contribution in [0, 0.1) is 0 Å². The third-order valence-corrected chi connectivity index (χ3v) is 2.47. The topological polar surface area (TPSA) is 0 Å². The molecule has 0 heterocycles. The van der Waals surface area contributed by atoms with E-state index in [-0.39, 0.29) is 0 Å². The van der Waals surface area contributed by atoms with Crippen LogP contribution >= 0.6 is 31.9 Å². The summed E-state index contributed by atoms with van der Waals surface area (Å²) in [6.45, 7) is 4.96. The molecular formula is C8H9BBr2. The van der Waals surface area contributed by atoms with Crippen molar-refractivity contribution in [2.45, 2.75) is 13.6 Å². The highest BCUT2D eigenvalue weighted by Crippen LogP contribution is 2.15. The lowest BCUT2D eigenvalue weighted by Gasteiger charge is -2.03. The lowest BCUT2D eigenvalue weighted by molar-refractivity contribution is 1.63. The van der Waals surface area contributed by atoms with E-state index in [0.717, 1.165) is 8.95 Å². The Morgan fingerprint density at radius 2 is 1.45 bits per heavy atom. The molecule has 1 aromatic carbocycles. The second-order valence-electron chi connectivity index (χ2n) is 2.86. The molecule has 0 saturated heterocycles. The largest absolute Gasteiger partial charge is 0.169 e. The van der Waals surface area contributed by atoms with Crippen LogP contribution in [0.25, 0.3) is 0 Å². The third-order valence-electron chi connectivity index (χ3n) is 1.55. The van der Waals surface area contributed by atoms with Gasteiger partial charge < -0.3 is 0 Å². The van der Waals surface area contributed by atoms with E-state index in [0.29, 0.717) is 6.71 Å². The molecule has 0 amide bonds. The predicted octanol–water partition coefficient (Wildman–Crippen LogP) is 3.17. The van der Waals surface area contributed by atoms with Gasteiger partial charge in [-0.1, -0.05) is 63.1 Å². The standard InChI is InChI=1S/C8H9BBr2/c1-9(2)6-3-7(10)5-8(11)4-6/h3-5H,1-2H3. The van der Waals surface area contributed by atoms with Crippen LogP contribution in [0.3, 0.4) is 0 Å². The Kier molecular flexibility index (Phi) is 3.20. The molecule has 0 aromatic heterocycles. The van der Waals surface area contributed by atoms with E-state index in [1.807, 2.05) is 6.07 Å². The van der Waals surface area contributed by atoms with Gasteiger partial charge in [0.1, 0.15) is 0 Å². The van der Waals surface area contributed by atoms with Gasteiger partial charge in [-0.05, 0) is 6.07 Å². The Hall–Kier alpha value is 0.245. The molecule has 0 nitrogen and oxygen atoms in total. The third kappa shape index (κ3) is 2.64. The van der Waals surface area contributed by atoms with Crippen molar-refractivity contribution < 1.29 is 0 Å². The summed E-state index contributed by atoms with van der Waals surface area (Å²) in [7, 11) is 0. The van der Waals surface area contributed by atoms with Crippen molar-refractivity contribution in [1.82, 2.24) is 0 Å². The first-order chi connectivity index (χ1) is 5.09. The van der Waals surface area contributed by atoms with Crippen LogP contribution in [-0.2, 0) is 0 Å². The molecule has 0 atom stereocenters. The van der Waals surface area contributed by atoms with Crippen LogP contribution in [0.4, 0.5) is 0 Å². The second-order valence-corrected chi connectivity index (χ2v) is 4.69. The molecule has 0 saturated carbocycles. The van der Waals surface area contributed by atoms with Crippen LogP contribution in [0.15, 0.2) is 27.1 Å². The van der Waals surface area contributed by atoms with E-state index in [9.17, 15) is 0 Å². The van der Waals surface area contributed by atoms with Crippen LogP contribution in [0.1, 0.15) is 0 Å². The molecule has 0 aliphatic heterocycles. The van der Waals surface area contributed by atoms with E-state index in [1.165, 1.54) is 5.46 Å². The summed E-state index contributed by atoms with van der Waals surface area (Å²) in [5, 5.41) is 0. The lowest BCUT2D eigenvalue weighted by atomic mass is 9.49. The fraction of sp³-hybridized carbons (Fsp3) is 0.250. The van der Waals surface area contributed by atoms with E-state index < -0.39 is 0 Å². The Bertz CT molecular complexity index is 238. The molecule has 58 valence electrons. The van der Waals surface area contributed by atoms with Gasteiger partial charge in [-0.25, -0.2) is 0 Å². The average Bonchev–Trinajstić information content (AvgIpc) is 1.85. The van der Waals surface area contributed by atoms with Crippen molar-refractivity contribution in [2.75, 3.05) is 0 Å². The van der Waals surface area contributed by atoms with Crippen molar-refractivity contribution in [3.63, 3.8) is 0 Å². The van der Waals surface area contributed by atoms with Gasteiger partial charge in [0.15, 0.2) is 6.71 Å². The molecule has 1 rings (SSSR count). The van der Waals surface area contributed by atoms with Gasteiger partial charge in [-0.15, -0.1) is 0 Å². The second kappa shape index (κ2) is 3.77. The summed E-state index contributed by atoms with van der Waals surface area (Å²) in [4.78, 5) is 0. The SMILES string of the molecule is CB(C)c1cc(Br)cc(Br)c1. The molecule has 0 bridgehead atoms. The maximum absolute atomic E-state index is 3.45. The summed E-state index contributed by atoms with van der Waals surface area (Å²) in [5.74, 6) is 0. The molecule has 0 unspecified atom stereocenters. The maximum atomic E-state index is 3.45. The number of hydrogen-bond acceptors (Lipinski definition) is 0. The Labute approximate surface area is 84.7 Å². The Morgan fingerprint density at radius 1 is 1.00 bits per heavy atom. The fourth-order valence-electron chi connectivity index (χ4n) is 0.908. The van der Waals surface area contributed by atoms with Crippen molar-refractivity contribution in [3.8, 4) is 0 Å². The van der Waals surface area contributed by atoms with Gasteiger partial charge in [-0.3, -0.25) is 0 Å². The summed E-state index contributed by atoms with van der Waals surface area (Å²) >= 11 is 6.90. The van der Waals surface area contributed by atoms with Crippen LogP contribution < -0.4 is 5.46 Å². The zero-order chi connectivity index (χ0) is 8.43. The van der Waals surface area contributed by atoms with Crippen molar-refractivity contribution in [2.24, 2.45) is 0 Å². The monoisotopic (exact) mass is 274 g/mol. The Balaban J connectivity index is 3.08. The predicted molar refractivity (Wildman–Crippen MR) is 59.0 cm³/mol. The van der Waals surface area contributed by atoms with E-state index in [4.69, 9.17) is 0 Å². The van der Waals surface area contributed by atoms with Gasteiger partial charge in [0, 0.05) is 8.95 Å². The highest BCUT2D eigenvalue weighted by Gasteiger charge is 2.03. The Morgan fingerprint density at radius 3 is 1.82 bits per heavy atom. The lowest BCUT2D eigenvalue weighted by Crippen LogP contribution is -2.22. The van der Waals surface area contributed by atoms with Crippen LogP contribution in [0.2, 0.25) is 13.6 Å². The molecule has 11 heavy (non-hydrogen) atoms. The van der Waals surface area contributed by atoms with Crippen LogP contribution in [0.5, 0.6) is 0 Å². The minimum Gasteiger partial charge on any atom is -0.0819 e. The first kappa shape index (κ1) is 9.33. The zero-order valence-corrected chi connectivity index (χ0v) is 9.74. The van der Waals surface area contributed by atoms with Gasteiger partial charge in [0.2, 0.25) is 0 Å². The number of benzene rings is 1. The quantitative estimate of drug-likeness (QED) is 0.691. The number of halogens is 2. The molecule has 3 heteroatoms. The summed E-state index contributed by atoms with van der Waals surface area (Å²) in [6.07, 6.45) is 0. The minimum absolute atomic E-state index is 0.587. The first-order valence-corrected chi connectivity index (χ1v) is 5.14. The summed E-state index contributed by atoms with van der Waals surface area (Å²) in [6, 6.07) is 6.34. The van der Waals surface area contributed by atoms with Gasteiger partial charge in [-0.2, -0.15) is 0 Å². The molecular weight excluding hydrogens is 267 g/mol. The number of hydrogen-bond donors (Lipinski definition) is 0. The molecule has 1 aromatic rings. The normalized spacial score (nSPS) is 9.82. The molecule has 0 radical (unpaired) electrons. The van der Waals surface area contributed by atoms with Crippen molar-refractivity contribution in [3.05, 3.63) is 27.1 Å². The number of rotatable bonds is 1. The van der Waals surface area contributed by atoms with E-state index in [2.05, 4.69) is 57.6 Å². The molecule has 0 N–H and O–H groups in total. The van der Waals surface area contributed by atoms with Crippen LogP contribution in [-0.4, -0.2) is 6.71 Å². The van der Waals surface area contributed by atoms with Gasteiger partial charge in [0.05, 0.1) is 0 Å². The van der Waals surface area contributed by atoms with Gasteiger partial charge >= 0.3 is 0 Å². The minimum atomic E-state index is 0.587. The van der Waals surface area contributed by atoms with Gasteiger partial charge in [0.25, 0.3) is 0 Å². The van der Waals surface area contributed by atoms with E-state index in [1.54, 1.807) is 0 Å². The van der Waals surface area contributed by atoms with Crippen molar-refractivity contribution in [1.29, 1.82) is 0 Å². The molecule has 0 fully saturated rings. The molecule has 0 aliphatic rings. The molecule has 0 spiro atoms. The summed E-state index contributed by atoms with van der Waals surface area (Å²) < 4.78 is 2.27. The highest BCUT2D eigenvalue weighted by molar-refractivity contribution is 9.11. The summed E-state index contributed by atoms with van der Waals surface area (Å²) in [5.41, 5.74) is 1.35.